The second-order valence-electron chi connectivity index (χ2n) is 11.9. The molecule has 1 amide bonds. The standard InChI is InChI=1S/C38H38FN5O4S4/c1-50-23-21-41-29(17-19-32-40(20-10-9-15-33(45)46)30-25-26(39)16-18-31(30)52-32)36(47)43(27-11-5-3-6-12-27)35(41)34-37(48)44(28-13-7-4-8-14-28)38(49)42(34)22-24-51-2/h3-8,11-14,16-19,25H,9-10,15,20-24H2,1-2H3,(H,45,46)/p-1/b29-17-,32-19+,35-34+. The number of aliphatic carboxylic acids is 1. The molecule has 2 aliphatic heterocycles. The molecule has 4 aromatic rings. The molecule has 1 fully saturated rings. The number of hydrogen-bond acceptors (Lipinski definition) is 9. The number of thiocarbonyl (C=S) groups is 1. The highest BCUT2D eigenvalue weighted by Gasteiger charge is 2.41. The van der Waals surface area contributed by atoms with E-state index in [1.807, 2.05) is 93.6 Å². The van der Waals surface area contributed by atoms with Crippen molar-refractivity contribution in [3.63, 3.8) is 0 Å². The van der Waals surface area contributed by atoms with Gasteiger partial charge in [0.15, 0.2) is 16.3 Å². The summed E-state index contributed by atoms with van der Waals surface area (Å²) in [6.07, 6.45) is 8.49. The molecule has 1 aromatic heterocycles. The number of imidazole rings is 1. The molecule has 14 heteroatoms. The minimum atomic E-state index is -1.11. The first-order chi connectivity index (χ1) is 25.2. The zero-order chi connectivity index (χ0) is 36.8. The van der Waals surface area contributed by atoms with E-state index in [2.05, 4.69) is 0 Å². The summed E-state index contributed by atoms with van der Waals surface area (Å²) in [5, 5.41) is 12.5. The van der Waals surface area contributed by atoms with Crippen LogP contribution in [0.3, 0.4) is 0 Å². The van der Waals surface area contributed by atoms with Crippen molar-refractivity contribution in [2.75, 3.05) is 46.9 Å². The van der Waals surface area contributed by atoms with Crippen LogP contribution in [0.15, 0.2) is 99.7 Å². The van der Waals surface area contributed by atoms with Gasteiger partial charge in [-0.05, 0) is 98.6 Å². The maximum atomic E-state index is 14.8. The molecular formula is C38H37FN5O4S4-. The molecular weight excluding hydrogens is 738 g/mol. The van der Waals surface area contributed by atoms with Crippen molar-refractivity contribution in [1.82, 2.24) is 14.0 Å². The summed E-state index contributed by atoms with van der Waals surface area (Å²) in [6, 6.07) is 23.2. The summed E-state index contributed by atoms with van der Waals surface area (Å²) in [4.78, 5) is 46.7. The first-order valence-electron chi connectivity index (χ1n) is 16.7. The number of aromatic nitrogens is 2. The third-order valence-electron chi connectivity index (χ3n) is 8.65. The lowest BCUT2D eigenvalue weighted by Crippen LogP contribution is -2.38. The molecule has 0 atom stereocenters. The van der Waals surface area contributed by atoms with Gasteiger partial charge < -0.3 is 24.3 Å². The molecule has 0 spiro atoms. The van der Waals surface area contributed by atoms with Crippen molar-refractivity contribution in [2.24, 2.45) is 0 Å². The molecule has 0 radical (unpaired) electrons. The molecule has 52 heavy (non-hydrogen) atoms. The molecule has 2 aliphatic rings. The van der Waals surface area contributed by atoms with Crippen molar-refractivity contribution < 1.29 is 19.1 Å². The monoisotopic (exact) mass is 774 g/mol. The Hall–Kier alpha value is -4.24. The second kappa shape index (κ2) is 17.1. The summed E-state index contributed by atoms with van der Waals surface area (Å²) in [7, 11) is 0. The number of carbonyl (C=O) groups excluding carboxylic acids is 2. The van der Waals surface area contributed by atoms with Crippen molar-refractivity contribution in [3.05, 3.63) is 117 Å². The van der Waals surface area contributed by atoms with Crippen LogP contribution in [-0.2, 0) is 16.1 Å². The van der Waals surface area contributed by atoms with Crippen LogP contribution < -0.4 is 31.3 Å². The zero-order valence-corrected chi connectivity index (χ0v) is 32.0. The summed E-state index contributed by atoms with van der Waals surface area (Å²) >= 11 is 10.7. The summed E-state index contributed by atoms with van der Waals surface area (Å²) in [6.45, 7) is 1.34. The highest BCUT2D eigenvalue weighted by atomic mass is 32.2. The highest BCUT2D eigenvalue weighted by Crippen LogP contribution is 2.46. The average Bonchev–Trinajstić information content (AvgIpc) is 3.71. The molecule has 0 N–H and O–H groups in total. The maximum Gasteiger partial charge on any atom is 0.285 e. The van der Waals surface area contributed by atoms with Gasteiger partial charge >= 0.3 is 0 Å². The Balaban J connectivity index is 1.60. The number of unbranched alkanes of at least 4 members (excludes halogenated alkanes) is 1. The Kier molecular flexibility index (Phi) is 12.3. The van der Waals surface area contributed by atoms with Crippen LogP contribution in [0, 0.1) is 5.82 Å². The molecule has 0 unspecified atom stereocenters. The largest absolute Gasteiger partial charge is 0.550 e. The lowest BCUT2D eigenvalue weighted by Gasteiger charge is -2.20. The van der Waals surface area contributed by atoms with Crippen LogP contribution in [0.2, 0.25) is 0 Å². The number of amides is 1. The van der Waals surface area contributed by atoms with E-state index in [-0.39, 0.29) is 23.7 Å². The van der Waals surface area contributed by atoms with Crippen LogP contribution in [0.1, 0.15) is 19.3 Å². The van der Waals surface area contributed by atoms with Gasteiger partial charge in [-0.25, -0.2) is 4.39 Å². The number of thioether (sulfide) groups is 3. The van der Waals surface area contributed by atoms with Crippen molar-refractivity contribution >= 4 is 87.6 Å². The number of carboxylic acid groups (broad SMARTS) is 1. The van der Waals surface area contributed by atoms with Gasteiger partial charge in [0.25, 0.3) is 11.5 Å². The number of benzene rings is 3. The van der Waals surface area contributed by atoms with Gasteiger partial charge in [-0.2, -0.15) is 23.5 Å². The van der Waals surface area contributed by atoms with Gasteiger partial charge in [0.2, 0.25) is 0 Å². The molecule has 3 aromatic carbocycles. The summed E-state index contributed by atoms with van der Waals surface area (Å²) in [5.74, 6) is -0.445. The normalized spacial score (nSPS) is 16.5. The average molecular weight is 775 g/mol. The Morgan fingerprint density at radius 1 is 0.865 bits per heavy atom. The van der Waals surface area contributed by atoms with Crippen molar-refractivity contribution in [3.8, 4) is 5.69 Å². The van der Waals surface area contributed by atoms with E-state index in [0.717, 1.165) is 9.92 Å². The molecule has 1 saturated heterocycles. The van der Waals surface area contributed by atoms with E-state index in [1.54, 1.807) is 40.2 Å². The number of halogens is 1. The highest BCUT2D eigenvalue weighted by molar-refractivity contribution is 8.03. The zero-order valence-electron chi connectivity index (χ0n) is 28.7. The van der Waals surface area contributed by atoms with E-state index >= 15 is 0 Å². The fourth-order valence-electron chi connectivity index (χ4n) is 6.24. The maximum absolute atomic E-state index is 14.8. The molecule has 6 rings (SSSR count). The number of nitrogens with zero attached hydrogens (tertiary/aromatic N) is 5. The number of hydrogen-bond donors (Lipinski definition) is 0. The predicted molar refractivity (Wildman–Crippen MR) is 214 cm³/mol. The van der Waals surface area contributed by atoms with Crippen molar-refractivity contribution in [1.29, 1.82) is 0 Å². The topological polar surface area (TPSA) is 93.8 Å². The fourth-order valence-corrected chi connectivity index (χ4v) is 8.41. The molecule has 0 bridgehead atoms. The number of allylic oxidation sites excluding steroid dienone is 1. The SMILES string of the molecule is CSCCN1C(=S)N(c2ccccc2)C(=O)/C1=c1\n(-c2ccccc2)c(=O)/c(=C/C=C2/Sc3ccc(F)cc3N2CCCCC(=O)[O-])n1CCSC. The molecule has 0 saturated carbocycles. The number of rotatable bonds is 14. The van der Waals surface area contributed by atoms with Crippen LogP contribution in [0.25, 0.3) is 17.5 Å². The second-order valence-corrected chi connectivity index (χ2v) is 15.3. The van der Waals surface area contributed by atoms with E-state index < -0.39 is 5.97 Å². The lowest BCUT2D eigenvalue weighted by molar-refractivity contribution is -0.305. The van der Waals surface area contributed by atoms with E-state index in [9.17, 15) is 23.9 Å². The van der Waals surface area contributed by atoms with Crippen LogP contribution >= 0.6 is 47.5 Å². The minimum absolute atomic E-state index is 0.0659. The number of carbonyl (C=O) groups is 2. The third kappa shape index (κ3) is 7.75. The molecule has 3 heterocycles. The quantitative estimate of drug-likeness (QED) is 0.136. The smallest absolute Gasteiger partial charge is 0.285 e. The molecule has 9 nitrogen and oxygen atoms in total. The number of anilines is 2. The minimum Gasteiger partial charge on any atom is -0.550 e. The fraction of sp³-hybridized carbons (Fsp3) is 0.263. The van der Waals surface area contributed by atoms with E-state index in [1.165, 1.54) is 28.8 Å². The Labute approximate surface area is 319 Å². The Morgan fingerprint density at radius 3 is 2.21 bits per heavy atom. The van der Waals surface area contributed by atoms with Gasteiger partial charge in [0, 0.05) is 42.0 Å². The van der Waals surface area contributed by atoms with Gasteiger partial charge in [0.1, 0.15) is 11.2 Å². The number of fused-ring (bicyclic) bond motifs is 1. The van der Waals surface area contributed by atoms with E-state index in [4.69, 9.17) is 12.2 Å². The van der Waals surface area contributed by atoms with Gasteiger partial charge in [-0.15, -0.1) is 0 Å². The van der Waals surface area contributed by atoms with Gasteiger partial charge in [-0.1, -0.05) is 48.2 Å². The summed E-state index contributed by atoms with van der Waals surface area (Å²) < 4.78 is 18.0. The lowest BCUT2D eigenvalue weighted by atomic mass is 10.2. The number of carboxylic acids is 1. The first kappa shape index (κ1) is 37.5. The van der Waals surface area contributed by atoms with Gasteiger partial charge in [0.05, 0.1) is 22.1 Å². The first-order valence-corrected chi connectivity index (χ1v) is 20.7. The predicted octanol–water partition coefficient (Wildman–Crippen LogP) is 4.40. The van der Waals surface area contributed by atoms with Gasteiger partial charge in [-0.3, -0.25) is 19.1 Å². The molecule has 270 valence electrons. The van der Waals surface area contributed by atoms with Crippen LogP contribution in [0.5, 0.6) is 0 Å². The number of para-hydroxylation sites is 2. The third-order valence-corrected chi connectivity index (χ3v) is 11.4. The molecule has 0 aliphatic carbocycles. The Morgan fingerprint density at radius 2 is 1.54 bits per heavy atom. The summed E-state index contributed by atoms with van der Waals surface area (Å²) in [5.41, 5.74) is 2.39. The van der Waals surface area contributed by atoms with Crippen molar-refractivity contribution in [2.45, 2.75) is 30.7 Å². The van der Waals surface area contributed by atoms with Crippen LogP contribution in [0.4, 0.5) is 15.8 Å². The van der Waals surface area contributed by atoms with Crippen LogP contribution in [-0.4, -0.2) is 68.1 Å². The Bertz CT molecular complexity index is 2190. The van der Waals surface area contributed by atoms with E-state index in [0.29, 0.717) is 82.7 Å².